The number of amides is 2. The highest BCUT2D eigenvalue weighted by molar-refractivity contribution is 5.74. The average molecular weight is 332 g/mol. The highest BCUT2D eigenvalue weighted by atomic mass is 16.5. The summed E-state index contributed by atoms with van der Waals surface area (Å²) in [7, 11) is 3.26. The maximum absolute atomic E-state index is 12.4. The van der Waals surface area contributed by atoms with E-state index >= 15 is 0 Å². The largest absolute Gasteiger partial charge is 0.497 e. The number of likely N-dealkylation sites (N-methyl/N-ethyl adjacent to an activating group) is 1. The Morgan fingerprint density at radius 2 is 2.00 bits per heavy atom. The second kappa shape index (κ2) is 7.88. The van der Waals surface area contributed by atoms with Crippen molar-refractivity contribution in [3.63, 3.8) is 0 Å². The van der Waals surface area contributed by atoms with Gasteiger partial charge in [0, 0.05) is 19.2 Å². The van der Waals surface area contributed by atoms with Gasteiger partial charge in [0.05, 0.1) is 19.8 Å². The minimum Gasteiger partial charge on any atom is -0.497 e. The van der Waals surface area contributed by atoms with Crippen LogP contribution in [0.5, 0.6) is 5.75 Å². The van der Waals surface area contributed by atoms with Crippen LogP contribution >= 0.6 is 0 Å². The molecule has 0 aliphatic carbocycles. The van der Waals surface area contributed by atoms with Crippen molar-refractivity contribution in [3.8, 4) is 5.75 Å². The fraction of sp³-hybridized carbons (Fsp3) is 0.389. The van der Waals surface area contributed by atoms with Crippen LogP contribution < -0.4 is 10.1 Å². The van der Waals surface area contributed by atoms with Crippen LogP contribution in [0.1, 0.15) is 28.7 Å². The summed E-state index contributed by atoms with van der Waals surface area (Å²) >= 11 is 0. The minimum atomic E-state index is -0.428. The van der Waals surface area contributed by atoms with Crippen LogP contribution in [0.15, 0.2) is 34.7 Å². The molecule has 0 spiro atoms. The molecular formula is C18H24N2O4. The Morgan fingerprint density at radius 3 is 2.50 bits per heavy atom. The van der Waals surface area contributed by atoms with Gasteiger partial charge in [0.2, 0.25) is 0 Å². The molecule has 0 radical (unpaired) electrons. The molecule has 1 unspecified atom stereocenters. The number of aryl methyl sites for hydroxylation is 2. The van der Waals surface area contributed by atoms with Gasteiger partial charge in [0.1, 0.15) is 17.3 Å². The van der Waals surface area contributed by atoms with Crippen molar-refractivity contribution in [2.45, 2.75) is 26.4 Å². The molecule has 24 heavy (non-hydrogen) atoms. The molecule has 1 aromatic carbocycles. The summed E-state index contributed by atoms with van der Waals surface area (Å²) in [6, 6.07) is 8.51. The maximum atomic E-state index is 12.4. The summed E-state index contributed by atoms with van der Waals surface area (Å²) in [4.78, 5) is 13.9. The first kappa shape index (κ1) is 17.9. The molecule has 1 atom stereocenters. The van der Waals surface area contributed by atoms with E-state index in [0.717, 1.165) is 28.4 Å². The van der Waals surface area contributed by atoms with Gasteiger partial charge in [0.25, 0.3) is 0 Å². The Bertz CT molecular complexity index is 679. The topological polar surface area (TPSA) is 74.9 Å². The van der Waals surface area contributed by atoms with Gasteiger partial charge in [-0.3, -0.25) is 0 Å². The van der Waals surface area contributed by atoms with Crippen LogP contribution in [0.4, 0.5) is 4.79 Å². The van der Waals surface area contributed by atoms with E-state index in [0.29, 0.717) is 6.54 Å². The first-order valence-corrected chi connectivity index (χ1v) is 7.77. The van der Waals surface area contributed by atoms with Crippen molar-refractivity contribution >= 4 is 6.03 Å². The average Bonchev–Trinajstić information content (AvgIpc) is 2.91. The summed E-state index contributed by atoms with van der Waals surface area (Å²) in [5, 5.41) is 12.5. The molecule has 0 fully saturated rings. The molecule has 2 N–H and O–H groups in total. The van der Waals surface area contributed by atoms with E-state index in [1.54, 1.807) is 26.3 Å². The van der Waals surface area contributed by atoms with Gasteiger partial charge in [0.15, 0.2) is 0 Å². The molecule has 2 rings (SSSR count). The highest BCUT2D eigenvalue weighted by Gasteiger charge is 2.21. The van der Waals surface area contributed by atoms with Crippen molar-refractivity contribution in [1.29, 1.82) is 0 Å². The molecule has 0 saturated heterocycles. The normalized spacial score (nSPS) is 11.9. The fourth-order valence-electron chi connectivity index (χ4n) is 2.57. The van der Waals surface area contributed by atoms with Crippen LogP contribution in [0.2, 0.25) is 0 Å². The lowest BCUT2D eigenvalue weighted by Crippen LogP contribution is -2.40. The zero-order chi connectivity index (χ0) is 17.7. The van der Waals surface area contributed by atoms with Gasteiger partial charge < -0.3 is 24.5 Å². The number of hydrogen-bond acceptors (Lipinski definition) is 4. The Hall–Kier alpha value is -2.47. The van der Waals surface area contributed by atoms with Crippen molar-refractivity contribution in [2.24, 2.45) is 0 Å². The maximum Gasteiger partial charge on any atom is 0.318 e. The number of aliphatic hydroxyl groups excluding tert-OH is 1. The second-order valence-corrected chi connectivity index (χ2v) is 5.68. The minimum absolute atomic E-state index is 0.167. The predicted octanol–water partition coefficient (Wildman–Crippen LogP) is 2.78. The Labute approximate surface area is 142 Å². The summed E-state index contributed by atoms with van der Waals surface area (Å²) in [6.45, 7) is 3.95. The lowest BCUT2D eigenvalue weighted by molar-refractivity contribution is 0.149. The van der Waals surface area contributed by atoms with Crippen molar-refractivity contribution < 1.29 is 19.1 Å². The van der Waals surface area contributed by atoms with Crippen LogP contribution in [0.25, 0.3) is 0 Å². The van der Waals surface area contributed by atoms with Crippen molar-refractivity contribution in [1.82, 2.24) is 10.2 Å². The van der Waals surface area contributed by atoms with E-state index in [4.69, 9.17) is 9.15 Å². The number of benzene rings is 1. The quantitative estimate of drug-likeness (QED) is 0.853. The fourth-order valence-corrected chi connectivity index (χ4v) is 2.57. The molecule has 1 aromatic heterocycles. The molecule has 130 valence electrons. The zero-order valence-electron chi connectivity index (χ0n) is 14.5. The van der Waals surface area contributed by atoms with E-state index in [1.165, 1.54) is 4.90 Å². The Morgan fingerprint density at radius 1 is 1.33 bits per heavy atom. The number of urea groups is 1. The molecule has 0 aliphatic heterocycles. The van der Waals surface area contributed by atoms with Crippen molar-refractivity contribution in [3.05, 3.63) is 53.0 Å². The molecular weight excluding hydrogens is 308 g/mol. The number of carbonyl (C=O) groups excluding carboxylic acids is 1. The molecule has 2 amide bonds. The molecule has 0 bridgehead atoms. The molecule has 0 saturated carbocycles. The van der Waals surface area contributed by atoms with Gasteiger partial charge in [-0.1, -0.05) is 12.1 Å². The van der Waals surface area contributed by atoms with Gasteiger partial charge in [-0.2, -0.15) is 0 Å². The van der Waals surface area contributed by atoms with Gasteiger partial charge in [-0.15, -0.1) is 0 Å². The first-order chi connectivity index (χ1) is 11.5. The molecule has 6 nitrogen and oxygen atoms in total. The van der Waals surface area contributed by atoms with Crippen LogP contribution in [0, 0.1) is 13.8 Å². The third-order valence-electron chi connectivity index (χ3n) is 4.04. The predicted molar refractivity (Wildman–Crippen MR) is 91.0 cm³/mol. The SMILES string of the molecule is COc1ccc(C(CO)N(C)C(=O)NCc2cc(C)oc2C)cc1. The zero-order valence-corrected chi connectivity index (χ0v) is 14.5. The van der Waals surface area contributed by atoms with Crippen LogP contribution in [0.3, 0.4) is 0 Å². The van der Waals surface area contributed by atoms with E-state index in [1.807, 2.05) is 32.0 Å². The lowest BCUT2D eigenvalue weighted by Gasteiger charge is -2.27. The number of carbonyl (C=O) groups is 1. The molecule has 1 heterocycles. The van der Waals surface area contributed by atoms with E-state index in [-0.39, 0.29) is 12.6 Å². The number of methoxy groups -OCH3 is 1. The monoisotopic (exact) mass is 332 g/mol. The summed E-state index contributed by atoms with van der Waals surface area (Å²) in [5.74, 6) is 2.34. The Kier molecular flexibility index (Phi) is 5.87. The van der Waals surface area contributed by atoms with Crippen molar-refractivity contribution in [2.75, 3.05) is 20.8 Å². The number of aliphatic hydroxyl groups is 1. The number of furan rings is 1. The smallest absolute Gasteiger partial charge is 0.318 e. The number of hydrogen-bond donors (Lipinski definition) is 2. The molecule has 0 aliphatic rings. The van der Waals surface area contributed by atoms with Gasteiger partial charge >= 0.3 is 6.03 Å². The van der Waals surface area contributed by atoms with E-state index in [9.17, 15) is 9.90 Å². The third-order valence-corrected chi connectivity index (χ3v) is 4.04. The van der Waals surface area contributed by atoms with Gasteiger partial charge in [-0.05, 0) is 37.6 Å². The van der Waals surface area contributed by atoms with E-state index < -0.39 is 6.04 Å². The standard InChI is InChI=1S/C18H24N2O4/c1-12-9-15(13(2)24-12)10-19-18(22)20(3)17(11-21)14-5-7-16(23-4)8-6-14/h5-9,17,21H,10-11H2,1-4H3,(H,19,22). The third kappa shape index (κ3) is 4.08. The van der Waals surface area contributed by atoms with Gasteiger partial charge in [-0.25, -0.2) is 4.79 Å². The molecule has 2 aromatic rings. The lowest BCUT2D eigenvalue weighted by atomic mass is 10.1. The summed E-state index contributed by atoms with van der Waals surface area (Å²) in [5.41, 5.74) is 1.78. The second-order valence-electron chi connectivity index (χ2n) is 5.68. The Balaban J connectivity index is 2.02. The van der Waals surface area contributed by atoms with Crippen LogP contribution in [-0.2, 0) is 6.54 Å². The van der Waals surface area contributed by atoms with E-state index in [2.05, 4.69) is 5.32 Å². The van der Waals surface area contributed by atoms with Crippen LogP contribution in [-0.4, -0.2) is 36.8 Å². The number of nitrogens with zero attached hydrogens (tertiary/aromatic N) is 1. The summed E-state index contributed by atoms with van der Waals surface area (Å²) in [6.07, 6.45) is 0. The number of nitrogens with one attached hydrogen (secondary N) is 1. The molecule has 6 heteroatoms. The number of rotatable bonds is 6. The highest BCUT2D eigenvalue weighted by Crippen LogP contribution is 2.22. The number of ether oxygens (including phenoxy) is 1. The summed E-state index contributed by atoms with van der Waals surface area (Å²) < 4.78 is 10.6. The first-order valence-electron chi connectivity index (χ1n) is 7.77.